The van der Waals surface area contributed by atoms with Crippen LogP contribution in [0.2, 0.25) is 0 Å². The second-order valence-corrected chi connectivity index (χ2v) is 10.5. The highest BCUT2D eigenvalue weighted by Gasteiger charge is 2.16. The van der Waals surface area contributed by atoms with Crippen molar-refractivity contribution in [3.63, 3.8) is 0 Å². The van der Waals surface area contributed by atoms with Crippen molar-refractivity contribution >= 4 is 60.9 Å². The lowest BCUT2D eigenvalue weighted by Gasteiger charge is -2.18. The lowest BCUT2D eigenvalue weighted by Crippen LogP contribution is -2.02. The molecule has 0 bridgehead atoms. The topological polar surface area (TPSA) is 0 Å². The first-order valence-corrected chi connectivity index (χ1v) is 11.3. The molecule has 1 unspecified atom stereocenters. The lowest BCUT2D eigenvalue weighted by atomic mass is 9.87. The van der Waals surface area contributed by atoms with Crippen molar-refractivity contribution in [3.05, 3.63) is 103 Å². The van der Waals surface area contributed by atoms with Gasteiger partial charge in [0.25, 0.3) is 3.25 Å². The third-order valence-electron chi connectivity index (χ3n) is 4.45. The summed E-state index contributed by atoms with van der Waals surface area (Å²) in [6.45, 7) is 0. The van der Waals surface area contributed by atoms with Crippen LogP contribution in [0.15, 0.2) is 103 Å². The number of alkyl halides is 4. The summed E-state index contributed by atoms with van der Waals surface area (Å²) >= 11 is 19.3. The van der Waals surface area contributed by atoms with Crippen molar-refractivity contribution in [2.24, 2.45) is 0 Å². The molecule has 0 heterocycles. The van der Waals surface area contributed by atoms with Crippen molar-refractivity contribution in [1.29, 1.82) is 0 Å². The van der Waals surface area contributed by atoms with E-state index in [1.807, 2.05) is 0 Å². The molecule has 0 aliphatic rings. The molecule has 0 amide bonds. The van der Waals surface area contributed by atoms with Crippen molar-refractivity contribution in [2.45, 2.75) is 3.25 Å². The molecule has 0 saturated carbocycles. The van der Waals surface area contributed by atoms with E-state index in [1.54, 1.807) is 0 Å². The lowest BCUT2D eigenvalue weighted by molar-refractivity contribution is 1.58. The van der Waals surface area contributed by atoms with E-state index in [9.17, 15) is 0 Å². The summed E-state index contributed by atoms with van der Waals surface area (Å²) in [5, 5.41) is 1.21. The maximum absolute atomic E-state index is 4.83. The van der Waals surface area contributed by atoms with Crippen molar-refractivity contribution in [3.8, 4) is 33.4 Å². The first kappa shape index (κ1) is 23.1. The Labute approximate surface area is 200 Å². The molecule has 5 heteroatoms. The van der Waals surface area contributed by atoms with Crippen LogP contribution >= 0.6 is 55.6 Å². The van der Waals surface area contributed by atoms with E-state index in [-0.39, 0.29) is 0 Å². The maximum Gasteiger partial charge on any atom is 0.266 e. The highest BCUT2D eigenvalue weighted by molar-refractivity contribution is 7.28. The Balaban J connectivity index is 0.000000461. The van der Waals surface area contributed by atoms with Gasteiger partial charge in [-0.3, -0.25) is 0 Å². The van der Waals surface area contributed by atoms with Gasteiger partial charge in [0.05, 0.1) is 0 Å². The van der Waals surface area contributed by atoms with Crippen molar-refractivity contribution in [1.82, 2.24) is 0 Å². The molecule has 0 aromatic heterocycles. The number of rotatable bonds is 3. The van der Waals surface area contributed by atoms with Crippen LogP contribution in [-0.4, -0.2) is 3.25 Å². The van der Waals surface area contributed by atoms with Crippen LogP contribution in [0, 0.1) is 0 Å². The van der Waals surface area contributed by atoms with E-state index in [1.165, 1.54) is 38.7 Å². The average molecular weight is 492 g/mol. The molecule has 0 saturated heterocycles. The Kier molecular flexibility index (Phi) is 8.23. The smallest absolute Gasteiger partial charge is 0.105 e. The van der Waals surface area contributed by atoms with Crippen molar-refractivity contribution < 1.29 is 0 Å². The van der Waals surface area contributed by atoms with Gasteiger partial charge in [-0.25, -0.2) is 0 Å². The molecule has 0 aliphatic carbocycles. The molecular weight excluding hydrogens is 473 g/mol. The van der Waals surface area contributed by atoms with Gasteiger partial charge in [0, 0.05) is 0 Å². The summed E-state index contributed by atoms with van der Waals surface area (Å²) in [5.74, 6) is 0. The molecule has 0 radical (unpaired) electrons. The predicted molar refractivity (Wildman–Crippen MR) is 138 cm³/mol. The van der Waals surface area contributed by atoms with E-state index in [4.69, 9.17) is 46.4 Å². The standard InChI is InChI=1S/C24H19P.CCl4/c25-22-17-16-21(18-10-4-1-5-11-18)23(19-12-6-2-7-13-19)24(22)20-14-8-3-9-15-20;2-1(3,4)5/h1-17H,25H2;. The first-order chi connectivity index (χ1) is 14.3. The number of hydrogen-bond acceptors (Lipinski definition) is 0. The molecule has 0 aliphatic heterocycles. The Morgan fingerprint density at radius 1 is 0.467 bits per heavy atom. The summed E-state index contributed by atoms with van der Waals surface area (Å²) in [5.41, 5.74) is 7.54. The minimum atomic E-state index is -1.61. The van der Waals surface area contributed by atoms with Crippen LogP contribution in [0.4, 0.5) is 0 Å². The van der Waals surface area contributed by atoms with E-state index in [2.05, 4.69) is 112 Å². The summed E-state index contributed by atoms with van der Waals surface area (Å²) in [7, 11) is 2.90. The number of hydrogen-bond donors (Lipinski definition) is 0. The molecule has 152 valence electrons. The van der Waals surface area contributed by atoms with Crippen LogP contribution in [0.5, 0.6) is 0 Å². The SMILES string of the molecule is ClC(Cl)(Cl)Cl.Pc1ccc(-c2ccccc2)c(-c2ccccc2)c1-c1ccccc1. The van der Waals surface area contributed by atoms with Crippen LogP contribution in [0.3, 0.4) is 0 Å². The maximum atomic E-state index is 4.83. The van der Waals surface area contributed by atoms with Gasteiger partial charge in [-0.15, -0.1) is 9.24 Å². The third kappa shape index (κ3) is 6.48. The zero-order chi connectivity index (χ0) is 21.6. The van der Waals surface area contributed by atoms with Gasteiger partial charge in [0.2, 0.25) is 0 Å². The first-order valence-electron chi connectivity index (χ1n) is 9.19. The fraction of sp³-hybridized carbons (Fsp3) is 0.0400. The van der Waals surface area contributed by atoms with Crippen LogP contribution in [0.25, 0.3) is 33.4 Å². The summed E-state index contributed by atoms with van der Waals surface area (Å²) in [6.07, 6.45) is 0. The normalized spacial score (nSPS) is 10.8. The molecule has 0 N–H and O–H groups in total. The largest absolute Gasteiger partial charge is 0.266 e. The Hall–Kier alpha value is -1.53. The van der Waals surface area contributed by atoms with Gasteiger partial charge in [-0.1, -0.05) is 150 Å². The van der Waals surface area contributed by atoms with Crippen LogP contribution in [-0.2, 0) is 0 Å². The van der Waals surface area contributed by atoms with Gasteiger partial charge >= 0.3 is 0 Å². The molecule has 0 spiro atoms. The third-order valence-corrected chi connectivity index (χ3v) is 4.93. The monoisotopic (exact) mass is 490 g/mol. The number of halogens is 4. The fourth-order valence-corrected chi connectivity index (χ4v) is 3.70. The van der Waals surface area contributed by atoms with Gasteiger partial charge in [0.1, 0.15) is 0 Å². The van der Waals surface area contributed by atoms with Gasteiger partial charge in [-0.2, -0.15) is 0 Å². The second kappa shape index (κ2) is 10.7. The second-order valence-electron chi connectivity index (χ2n) is 6.48. The zero-order valence-corrected chi connectivity index (χ0v) is 20.1. The van der Waals surface area contributed by atoms with Crippen LogP contribution in [0.1, 0.15) is 0 Å². The fourth-order valence-electron chi connectivity index (χ4n) is 3.30. The highest BCUT2D eigenvalue weighted by atomic mass is 35.6. The quantitative estimate of drug-likeness (QED) is 0.198. The highest BCUT2D eigenvalue weighted by Crippen LogP contribution is 2.39. The summed E-state index contributed by atoms with van der Waals surface area (Å²) < 4.78 is -1.61. The van der Waals surface area contributed by atoms with Gasteiger partial charge in [0.15, 0.2) is 0 Å². The summed E-state index contributed by atoms with van der Waals surface area (Å²) in [4.78, 5) is 0. The minimum absolute atomic E-state index is 1.21. The average Bonchev–Trinajstić information content (AvgIpc) is 2.74. The van der Waals surface area contributed by atoms with E-state index < -0.39 is 3.25 Å². The minimum Gasteiger partial charge on any atom is -0.105 e. The summed E-state index contributed by atoms with van der Waals surface area (Å²) in [6, 6.07) is 36.3. The van der Waals surface area contributed by atoms with Crippen LogP contribution < -0.4 is 5.30 Å². The molecule has 4 aromatic rings. The molecule has 0 fully saturated rings. The Bertz CT molecular complexity index is 1070. The molecule has 4 rings (SSSR count). The number of benzene rings is 4. The van der Waals surface area contributed by atoms with Gasteiger partial charge < -0.3 is 0 Å². The molecule has 30 heavy (non-hydrogen) atoms. The van der Waals surface area contributed by atoms with E-state index in [0.29, 0.717) is 0 Å². The molecule has 1 atom stereocenters. The Morgan fingerprint density at radius 2 is 0.833 bits per heavy atom. The predicted octanol–water partition coefficient (Wildman–Crippen LogP) is 8.74. The van der Waals surface area contributed by atoms with E-state index >= 15 is 0 Å². The molecule has 0 nitrogen and oxygen atoms in total. The molecule has 4 aromatic carbocycles. The van der Waals surface area contributed by atoms with E-state index in [0.717, 1.165) is 0 Å². The Morgan fingerprint density at radius 3 is 1.27 bits per heavy atom. The van der Waals surface area contributed by atoms with Gasteiger partial charge in [-0.05, 0) is 38.7 Å². The van der Waals surface area contributed by atoms with Crippen molar-refractivity contribution in [2.75, 3.05) is 0 Å². The zero-order valence-electron chi connectivity index (χ0n) is 15.9. The molecular formula is C25H19Cl4P.